The van der Waals surface area contributed by atoms with Crippen molar-refractivity contribution in [1.82, 2.24) is 0 Å². The van der Waals surface area contributed by atoms with Crippen molar-refractivity contribution in [3.05, 3.63) is 12.2 Å². The summed E-state index contributed by atoms with van der Waals surface area (Å²) in [5, 5.41) is 29.1. The number of aliphatic carboxylic acids is 3. The Morgan fingerprint density at radius 3 is 1.39 bits per heavy atom. The topological polar surface area (TPSA) is 112 Å². The lowest BCUT2D eigenvalue weighted by Gasteiger charge is -2.43. The van der Waals surface area contributed by atoms with Gasteiger partial charge in [0.2, 0.25) is 0 Å². The predicted molar refractivity (Wildman–Crippen MR) is 131 cm³/mol. The lowest BCUT2D eigenvalue weighted by atomic mass is 9.96. The number of nitrogens with zero attached hydrogens (tertiary/aromatic N) is 1. The molecule has 0 aromatic heterocycles. The van der Waals surface area contributed by atoms with E-state index < -0.39 is 35.7 Å². The van der Waals surface area contributed by atoms with Crippen LogP contribution in [-0.2, 0) is 14.4 Å². The Kier molecular flexibility index (Phi) is 16.6. The number of carbonyl (C=O) groups is 3. The molecule has 0 spiro atoms. The first-order valence-electron chi connectivity index (χ1n) is 12.8. The fraction of sp³-hybridized carbons (Fsp3) is 0.808. The van der Waals surface area contributed by atoms with Gasteiger partial charge in [0.05, 0.1) is 26.2 Å². The van der Waals surface area contributed by atoms with Crippen LogP contribution < -0.4 is 0 Å². The highest BCUT2D eigenvalue weighted by molar-refractivity contribution is 5.71. The zero-order valence-electron chi connectivity index (χ0n) is 21.3. The molecule has 0 radical (unpaired) electrons. The first kappa shape index (κ1) is 31.1. The summed E-state index contributed by atoms with van der Waals surface area (Å²) in [7, 11) is 0. The second-order valence-corrected chi connectivity index (χ2v) is 9.41. The Balaban J connectivity index is 5.66. The summed E-state index contributed by atoms with van der Waals surface area (Å²) in [6, 6.07) is 0. The minimum absolute atomic E-state index is 0.210. The normalized spacial score (nSPS) is 16.2. The van der Waals surface area contributed by atoms with Crippen molar-refractivity contribution in [3.8, 4) is 0 Å². The van der Waals surface area contributed by atoms with E-state index in [1.165, 1.54) is 25.7 Å². The fourth-order valence-corrected chi connectivity index (χ4v) is 4.50. The van der Waals surface area contributed by atoms with Gasteiger partial charge in [-0.3, -0.25) is 14.4 Å². The van der Waals surface area contributed by atoms with Crippen molar-refractivity contribution < 1.29 is 34.2 Å². The van der Waals surface area contributed by atoms with E-state index in [2.05, 4.69) is 19.1 Å². The van der Waals surface area contributed by atoms with E-state index in [0.29, 0.717) is 32.2 Å². The quantitative estimate of drug-likeness (QED) is 0.117. The third kappa shape index (κ3) is 12.8. The van der Waals surface area contributed by atoms with Gasteiger partial charge >= 0.3 is 17.9 Å². The molecule has 0 bridgehead atoms. The molecule has 7 nitrogen and oxygen atoms in total. The lowest BCUT2D eigenvalue weighted by molar-refractivity contribution is -0.934. The molecule has 0 heterocycles. The summed E-state index contributed by atoms with van der Waals surface area (Å²) in [4.78, 5) is 35.6. The van der Waals surface area contributed by atoms with E-state index in [-0.39, 0.29) is 24.1 Å². The summed E-state index contributed by atoms with van der Waals surface area (Å²) in [5.74, 6) is -4.63. The molecule has 7 heteroatoms. The van der Waals surface area contributed by atoms with E-state index in [0.717, 1.165) is 12.8 Å². The number of allylic oxidation sites excluding steroid dienone is 1. The Bertz CT molecular complexity index is 544. The van der Waals surface area contributed by atoms with Crippen molar-refractivity contribution >= 4 is 17.9 Å². The van der Waals surface area contributed by atoms with Gasteiger partial charge in [-0.15, -0.1) is 0 Å². The van der Waals surface area contributed by atoms with Gasteiger partial charge in [-0.2, -0.15) is 0 Å². The molecule has 0 aliphatic carbocycles. The Hall–Kier alpha value is -1.89. The number of carboxylic acid groups (broad SMARTS) is 3. The van der Waals surface area contributed by atoms with Crippen molar-refractivity contribution in [2.24, 2.45) is 17.8 Å². The van der Waals surface area contributed by atoms with E-state index >= 15 is 0 Å². The van der Waals surface area contributed by atoms with Crippen LogP contribution in [0.4, 0.5) is 0 Å². The summed E-state index contributed by atoms with van der Waals surface area (Å²) in [5.41, 5.74) is 0. The van der Waals surface area contributed by atoms with E-state index in [1.54, 1.807) is 0 Å². The van der Waals surface area contributed by atoms with Gasteiger partial charge in [-0.25, -0.2) is 0 Å². The van der Waals surface area contributed by atoms with Crippen molar-refractivity contribution in [2.75, 3.05) is 26.2 Å². The Labute approximate surface area is 200 Å². The minimum atomic E-state index is -0.908. The minimum Gasteiger partial charge on any atom is -0.481 e. The molecule has 192 valence electrons. The molecule has 0 aromatic carbocycles. The highest BCUT2D eigenvalue weighted by atomic mass is 16.4. The van der Waals surface area contributed by atoms with Crippen LogP contribution in [0.2, 0.25) is 0 Å². The number of rotatable bonds is 21. The molecule has 0 aromatic rings. The highest BCUT2D eigenvalue weighted by Crippen LogP contribution is 2.24. The molecular formula is C26H48NO6+. The second-order valence-electron chi connectivity index (χ2n) is 9.41. The molecule has 0 fully saturated rings. The molecule has 0 rings (SSSR count). The maximum absolute atomic E-state index is 11.9. The van der Waals surface area contributed by atoms with Crippen LogP contribution in [-0.4, -0.2) is 63.9 Å². The number of unbranched alkanes of at least 4 members (excludes halogenated alkanes) is 5. The number of carboxylic acids is 3. The SMILES string of the molecule is CCCCCCC/C=C/CC[N+](CC(CC)C(=O)O)(CC(CC)C(=O)O)CC(CC)C(=O)O. The first-order chi connectivity index (χ1) is 15.7. The van der Waals surface area contributed by atoms with Crippen LogP contribution in [0.3, 0.4) is 0 Å². The summed E-state index contributed by atoms with van der Waals surface area (Å²) in [6.45, 7) is 8.94. The summed E-state index contributed by atoms with van der Waals surface area (Å²) < 4.78 is 0.210. The maximum atomic E-state index is 11.9. The van der Waals surface area contributed by atoms with E-state index in [9.17, 15) is 29.7 Å². The maximum Gasteiger partial charge on any atom is 0.312 e. The van der Waals surface area contributed by atoms with Gasteiger partial charge in [-0.05, 0) is 32.1 Å². The molecule has 0 aliphatic rings. The van der Waals surface area contributed by atoms with Gasteiger partial charge in [0.25, 0.3) is 0 Å². The summed E-state index contributed by atoms with van der Waals surface area (Å²) in [6.07, 6.45) is 13.3. The zero-order valence-corrected chi connectivity index (χ0v) is 21.3. The molecular weight excluding hydrogens is 422 g/mol. The Morgan fingerprint density at radius 2 is 1.03 bits per heavy atom. The van der Waals surface area contributed by atoms with Crippen molar-refractivity contribution in [3.63, 3.8) is 0 Å². The van der Waals surface area contributed by atoms with E-state index in [4.69, 9.17) is 0 Å². The average molecular weight is 471 g/mol. The number of hydrogen-bond acceptors (Lipinski definition) is 3. The van der Waals surface area contributed by atoms with Crippen LogP contribution in [0.5, 0.6) is 0 Å². The third-order valence-corrected chi connectivity index (χ3v) is 6.76. The molecule has 3 unspecified atom stereocenters. The van der Waals surface area contributed by atoms with Crippen LogP contribution in [0.15, 0.2) is 12.2 Å². The lowest BCUT2D eigenvalue weighted by Crippen LogP contribution is -2.58. The van der Waals surface area contributed by atoms with Gasteiger partial charge < -0.3 is 19.8 Å². The molecule has 0 amide bonds. The largest absolute Gasteiger partial charge is 0.481 e. The van der Waals surface area contributed by atoms with Crippen LogP contribution in [0.1, 0.15) is 91.9 Å². The molecule has 3 atom stereocenters. The Morgan fingerprint density at radius 1 is 0.636 bits per heavy atom. The first-order valence-corrected chi connectivity index (χ1v) is 12.8. The number of quaternary nitrogens is 1. The van der Waals surface area contributed by atoms with Crippen LogP contribution in [0, 0.1) is 17.8 Å². The summed E-state index contributed by atoms with van der Waals surface area (Å²) >= 11 is 0. The molecule has 33 heavy (non-hydrogen) atoms. The fourth-order valence-electron chi connectivity index (χ4n) is 4.50. The molecule has 0 aliphatic heterocycles. The smallest absolute Gasteiger partial charge is 0.312 e. The van der Waals surface area contributed by atoms with Crippen LogP contribution in [0.25, 0.3) is 0 Å². The third-order valence-electron chi connectivity index (χ3n) is 6.76. The molecule has 3 N–H and O–H groups in total. The van der Waals surface area contributed by atoms with Crippen molar-refractivity contribution in [1.29, 1.82) is 0 Å². The standard InChI is InChI=1S/C26H47NO6/c1-5-9-10-11-12-13-14-15-16-17-27(18-21(6-2)24(28)29,19-22(7-3)25(30)31)20-23(8-4)26(32)33/h14-15,21-23H,5-13,16-20H2,1-4H3,(H2-,28,29,30,31,32,33)/p+1/b15-14+. The van der Waals surface area contributed by atoms with Gasteiger partial charge in [-0.1, -0.05) is 65.5 Å². The van der Waals surface area contributed by atoms with Crippen LogP contribution >= 0.6 is 0 Å². The van der Waals surface area contributed by atoms with Crippen molar-refractivity contribution in [2.45, 2.75) is 91.9 Å². The van der Waals surface area contributed by atoms with E-state index in [1.807, 2.05) is 20.8 Å². The van der Waals surface area contributed by atoms with Gasteiger partial charge in [0.1, 0.15) is 17.8 Å². The number of hydrogen-bond donors (Lipinski definition) is 3. The average Bonchev–Trinajstić information content (AvgIpc) is 2.77. The predicted octanol–water partition coefficient (Wildman–Crippen LogP) is 5.44. The molecule has 0 saturated carbocycles. The molecule has 0 saturated heterocycles. The van der Waals surface area contributed by atoms with Gasteiger partial charge in [0, 0.05) is 6.42 Å². The zero-order chi connectivity index (χ0) is 25.3. The highest BCUT2D eigenvalue weighted by Gasteiger charge is 2.40. The second kappa shape index (κ2) is 17.6. The monoisotopic (exact) mass is 470 g/mol. The van der Waals surface area contributed by atoms with Gasteiger partial charge in [0.15, 0.2) is 0 Å².